The number of hydrogen-bond acceptors (Lipinski definition) is 4. The van der Waals surface area contributed by atoms with Crippen molar-refractivity contribution < 1.29 is 4.79 Å². The highest BCUT2D eigenvalue weighted by atomic mass is 16.2. The number of nitrogens with one attached hydrogen (secondary N) is 1. The minimum atomic E-state index is 0.0252. The van der Waals surface area contributed by atoms with E-state index in [1.54, 1.807) is 19.0 Å². The number of amides is 1. The van der Waals surface area contributed by atoms with E-state index < -0.39 is 0 Å². The van der Waals surface area contributed by atoms with Crippen LogP contribution < -0.4 is 10.2 Å². The third-order valence-electron chi connectivity index (χ3n) is 5.77. The molecule has 3 rings (SSSR count). The smallest absolute Gasteiger partial charge is 0.255 e. The maximum atomic E-state index is 12.2. The van der Waals surface area contributed by atoms with E-state index in [9.17, 15) is 4.79 Å². The van der Waals surface area contributed by atoms with Gasteiger partial charge in [0, 0.05) is 27.2 Å². The van der Waals surface area contributed by atoms with Crippen molar-refractivity contribution in [3.05, 3.63) is 23.4 Å². The van der Waals surface area contributed by atoms with Crippen molar-refractivity contribution in [1.29, 1.82) is 0 Å². The van der Waals surface area contributed by atoms with Crippen molar-refractivity contribution in [3.8, 4) is 0 Å². The van der Waals surface area contributed by atoms with Crippen LogP contribution in [0.1, 0.15) is 48.2 Å². The number of anilines is 1. The molecule has 25 heavy (non-hydrogen) atoms. The maximum Gasteiger partial charge on any atom is 0.255 e. The van der Waals surface area contributed by atoms with Crippen LogP contribution in [-0.2, 0) is 0 Å². The molecule has 0 spiro atoms. The first-order chi connectivity index (χ1) is 12.0. The van der Waals surface area contributed by atoms with E-state index in [-0.39, 0.29) is 5.91 Å². The third kappa shape index (κ3) is 4.51. The summed E-state index contributed by atoms with van der Waals surface area (Å²) in [6.07, 6.45) is 6.63. The molecule has 0 aliphatic carbocycles. The summed E-state index contributed by atoms with van der Waals surface area (Å²) < 4.78 is 0. The molecule has 2 aliphatic rings. The Labute approximate surface area is 151 Å². The average Bonchev–Trinajstić information content (AvgIpc) is 2.62. The Morgan fingerprint density at radius 2 is 1.80 bits per heavy atom. The predicted molar refractivity (Wildman–Crippen MR) is 102 cm³/mol. The van der Waals surface area contributed by atoms with Gasteiger partial charge in [-0.2, -0.15) is 0 Å². The molecule has 5 nitrogen and oxygen atoms in total. The number of piperidine rings is 2. The number of hydrogen-bond donors (Lipinski definition) is 1. The lowest BCUT2D eigenvalue weighted by Crippen LogP contribution is -2.36. The normalized spacial score (nSPS) is 19.9. The number of nitrogens with zero attached hydrogens (tertiary/aromatic N) is 3. The summed E-state index contributed by atoms with van der Waals surface area (Å²) in [5.41, 5.74) is 1.53. The molecule has 0 atom stereocenters. The minimum Gasteiger partial charge on any atom is -0.357 e. The second-order valence-corrected chi connectivity index (χ2v) is 7.86. The van der Waals surface area contributed by atoms with Crippen LogP contribution >= 0.6 is 0 Å². The Kier molecular flexibility index (Phi) is 5.94. The van der Waals surface area contributed by atoms with E-state index in [1.165, 1.54) is 45.2 Å². The van der Waals surface area contributed by atoms with Gasteiger partial charge in [0.15, 0.2) is 0 Å². The zero-order chi connectivity index (χ0) is 17.8. The first-order valence-electron chi connectivity index (χ1n) is 9.69. The Balaban J connectivity index is 1.55. The van der Waals surface area contributed by atoms with Crippen LogP contribution in [0.15, 0.2) is 12.1 Å². The van der Waals surface area contributed by atoms with Crippen molar-refractivity contribution in [3.63, 3.8) is 0 Å². The number of carbonyl (C=O) groups is 1. The number of carbonyl (C=O) groups excluding carboxylic acids is 1. The van der Waals surface area contributed by atoms with Crippen LogP contribution in [0.4, 0.5) is 5.82 Å². The molecular weight excluding hydrogens is 312 g/mol. The lowest BCUT2D eigenvalue weighted by atomic mass is 9.83. The fourth-order valence-electron chi connectivity index (χ4n) is 4.18. The van der Waals surface area contributed by atoms with E-state index in [0.29, 0.717) is 5.56 Å². The quantitative estimate of drug-likeness (QED) is 0.912. The van der Waals surface area contributed by atoms with Crippen molar-refractivity contribution in [2.45, 2.75) is 39.0 Å². The first kappa shape index (κ1) is 18.2. The molecule has 2 fully saturated rings. The van der Waals surface area contributed by atoms with E-state index in [0.717, 1.165) is 36.4 Å². The molecule has 0 aromatic carbocycles. The van der Waals surface area contributed by atoms with Crippen LogP contribution in [0, 0.1) is 18.8 Å². The summed E-state index contributed by atoms with van der Waals surface area (Å²) in [4.78, 5) is 20.9. The molecule has 5 heteroatoms. The van der Waals surface area contributed by atoms with E-state index in [1.807, 2.05) is 19.1 Å². The minimum absolute atomic E-state index is 0.0252. The van der Waals surface area contributed by atoms with Gasteiger partial charge in [0.2, 0.25) is 0 Å². The molecule has 2 aliphatic heterocycles. The molecule has 1 aromatic heterocycles. The van der Waals surface area contributed by atoms with Crippen LogP contribution in [0.25, 0.3) is 0 Å². The van der Waals surface area contributed by atoms with Gasteiger partial charge in [-0.15, -0.1) is 0 Å². The summed E-state index contributed by atoms with van der Waals surface area (Å²) in [5.74, 6) is 2.84. The fraction of sp³-hybridized carbons (Fsp3) is 0.700. The van der Waals surface area contributed by atoms with Gasteiger partial charge in [-0.3, -0.25) is 4.79 Å². The van der Waals surface area contributed by atoms with Crippen molar-refractivity contribution >= 4 is 11.7 Å². The molecule has 0 bridgehead atoms. The van der Waals surface area contributed by atoms with Gasteiger partial charge in [0.1, 0.15) is 5.82 Å². The Morgan fingerprint density at radius 3 is 2.40 bits per heavy atom. The van der Waals surface area contributed by atoms with Crippen molar-refractivity contribution in [2.75, 3.05) is 45.2 Å². The Bertz CT molecular complexity index is 587. The molecule has 3 heterocycles. The van der Waals surface area contributed by atoms with Gasteiger partial charge < -0.3 is 15.1 Å². The molecule has 0 saturated carbocycles. The zero-order valence-corrected chi connectivity index (χ0v) is 15.9. The molecule has 1 amide bonds. The molecule has 138 valence electrons. The van der Waals surface area contributed by atoms with Gasteiger partial charge in [-0.25, -0.2) is 4.98 Å². The topological polar surface area (TPSA) is 48.5 Å². The summed E-state index contributed by atoms with van der Waals surface area (Å²) in [7, 11) is 3.56. The summed E-state index contributed by atoms with van der Waals surface area (Å²) in [6, 6.07) is 3.94. The van der Waals surface area contributed by atoms with E-state index in [2.05, 4.69) is 10.2 Å². The number of rotatable bonds is 4. The summed E-state index contributed by atoms with van der Waals surface area (Å²) in [5, 5.41) is 3.46. The summed E-state index contributed by atoms with van der Waals surface area (Å²) in [6.45, 7) is 6.51. The maximum absolute atomic E-state index is 12.2. The van der Waals surface area contributed by atoms with Gasteiger partial charge in [0.05, 0.1) is 11.3 Å². The van der Waals surface area contributed by atoms with Gasteiger partial charge in [-0.1, -0.05) is 0 Å². The lowest BCUT2D eigenvalue weighted by Gasteiger charge is -2.35. The van der Waals surface area contributed by atoms with Crippen LogP contribution in [-0.4, -0.2) is 56.1 Å². The van der Waals surface area contributed by atoms with Crippen LogP contribution in [0.5, 0.6) is 0 Å². The van der Waals surface area contributed by atoms with Crippen LogP contribution in [0.2, 0.25) is 0 Å². The van der Waals surface area contributed by atoms with Crippen LogP contribution in [0.3, 0.4) is 0 Å². The molecule has 1 aromatic rings. The standard InChI is InChI=1S/C20H32N4O/c1-15-18(20(25)23(2)3)4-5-19(22-15)24-12-8-17(9-13-24)14-16-6-10-21-11-7-16/h4-5,16-17,21H,6-14H2,1-3H3. The van der Waals surface area contributed by atoms with Crippen molar-refractivity contribution in [1.82, 2.24) is 15.2 Å². The molecule has 1 N–H and O–H groups in total. The van der Waals surface area contributed by atoms with Gasteiger partial charge in [0.25, 0.3) is 5.91 Å². The highest BCUT2D eigenvalue weighted by molar-refractivity contribution is 5.95. The zero-order valence-electron chi connectivity index (χ0n) is 15.9. The number of aromatic nitrogens is 1. The predicted octanol–water partition coefficient (Wildman–Crippen LogP) is 2.70. The lowest BCUT2D eigenvalue weighted by molar-refractivity contribution is 0.0826. The van der Waals surface area contributed by atoms with E-state index >= 15 is 0 Å². The molecular formula is C20H32N4O. The molecule has 0 unspecified atom stereocenters. The summed E-state index contributed by atoms with van der Waals surface area (Å²) >= 11 is 0. The third-order valence-corrected chi connectivity index (χ3v) is 5.77. The highest BCUT2D eigenvalue weighted by Gasteiger charge is 2.24. The van der Waals surface area contributed by atoms with Crippen molar-refractivity contribution in [2.24, 2.45) is 11.8 Å². The number of aryl methyl sites for hydroxylation is 1. The van der Waals surface area contributed by atoms with Gasteiger partial charge in [-0.05, 0) is 76.1 Å². The monoisotopic (exact) mass is 344 g/mol. The second kappa shape index (κ2) is 8.17. The highest BCUT2D eigenvalue weighted by Crippen LogP contribution is 2.30. The average molecular weight is 345 g/mol. The Morgan fingerprint density at radius 1 is 1.16 bits per heavy atom. The molecule has 0 radical (unpaired) electrons. The number of pyridine rings is 1. The van der Waals surface area contributed by atoms with E-state index in [4.69, 9.17) is 4.98 Å². The van der Waals surface area contributed by atoms with Gasteiger partial charge >= 0.3 is 0 Å². The largest absolute Gasteiger partial charge is 0.357 e. The molecule has 2 saturated heterocycles. The SMILES string of the molecule is Cc1nc(N2CCC(CC3CCNCC3)CC2)ccc1C(=O)N(C)C. The Hall–Kier alpha value is -1.62. The fourth-order valence-corrected chi connectivity index (χ4v) is 4.18. The first-order valence-corrected chi connectivity index (χ1v) is 9.69. The second-order valence-electron chi connectivity index (χ2n) is 7.86.